The second-order valence-electron chi connectivity index (χ2n) is 5.94. The van der Waals surface area contributed by atoms with Crippen LogP contribution in [-0.2, 0) is 0 Å². The van der Waals surface area contributed by atoms with Gasteiger partial charge in [-0.1, -0.05) is 0 Å². The minimum absolute atomic E-state index is 0.263. The molecule has 0 atom stereocenters. The van der Waals surface area contributed by atoms with Gasteiger partial charge in [0.15, 0.2) is 10.9 Å². The molecule has 1 N–H and O–H groups in total. The lowest BCUT2D eigenvalue weighted by atomic mass is 10.1. The largest absolute Gasteiger partial charge is 0.366 e. The summed E-state index contributed by atoms with van der Waals surface area (Å²) in [4.78, 5) is 13.3. The highest BCUT2D eigenvalue weighted by Crippen LogP contribution is 2.34. The lowest BCUT2D eigenvalue weighted by molar-refractivity contribution is 0.382. The van der Waals surface area contributed by atoms with E-state index in [1.165, 1.54) is 23.7 Å². The number of piperazine rings is 1. The van der Waals surface area contributed by atoms with Gasteiger partial charge in [0.05, 0.1) is 0 Å². The summed E-state index contributed by atoms with van der Waals surface area (Å²) in [5.74, 6) is 0.636. The molecule has 2 aromatic heterocycles. The van der Waals surface area contributed by atoms with Crippen molar-refractivity contribution in [3.8, 4) is 11.3 Å². The molecule has 1 fully saturated rings. The number of nitrogens with one attached hydrogen (secondary N) is 1. The summed E-state index contributed by atoms with van der Waals surface area (Å²) in [7, 11) is 1.84. The van der Waals surface area contributed by atoms with Gasteiger partial charge in [-0.3, -0.25) is 0 Å². The van der Waals surface area contributed by atoms with E-state index in [1.54, 1.807) is 18.5 Å². The van der Waals surface area contributed by atoms with Crippen LogP contribution in [0.2, 0.25) is 0 Å². The summed E-state index contributed by atoms with van der Waals surface area (Å²) in [5, 5.41) is 3.80. The number of hydrogen-bond donors (Lipinski definition) is 1. The summed E-state index contributed by atoms with van der Waals surface area (Å²) in [6.07, 6.45) is 1.57. The normalized spacial score (nSPS) is 14.7. The van der Waals surface area contributed by atoms with Crippen LogP contribution in [0.25, 0.3) is 21.5 Å². The van der Waals surface area contributed by atoms with Crippen molar-refractivity contribution < 1.29 is 4.39 Å². The number of rotatable bonds is 2. The predicted octanol–water partition coefficient (Wildman–Crippen LogP) is 2.52. The molecule has 1 aliphatic rings. The maximum atomic E-state index is 13.2. The van der Waals surface area contributed by atoms with Gasteiger partial charge in [0.1, 0.15) is 28.1 Å². The van der Waals surface area contributed by atoms with Crippen molar-refractivity contribution in [2.24, 2.45) is 0 Å². The van der Waals surface area contributed by atoms with Crippen LogP contribution in [0.3, 0.4) is 0 Å². The fraction of sp³-hybridized carbons (Fsp3) is 0.294. The Balaban J connectivity index is 1.64. The van der Waals surface area contributed by atoms with Gasteiger partial charge in [0, 0.05) is 38.8 Å². The lowest BCUT2D eigenvalue weighted by Crippen LogP contribution is -2.51. The van der Waals surface area contributed by atoms with Gasteiger partial charge in [0.2, 0.25) is 0 Å². The third-order valence-electron chi connectivity index (χ3n) is 4.44. The van der Waals surface area contributed by atoms with Gasteiger partial charge >= 0.3 is 0 Å². The number of hydrogen-bond acceptors (Lipinski definition) is 6. The summed E-state index contributed by atoms with van der Waals surface area (Å²) in [6.45, 7) is 3.35. The third-order valence-corrected chi connectivity index (χ3v) is 5.73. The smallest absolute Gasteiger partial charge is 0.168 e. The molecule has 0 amide bonds. The minimum Gasteiger partial charge on any atom is -0.366 e. The lowest BCUT2D eigenvalue weighted by Gasteiger charge is -2.36. The fourth-order valence-electron chi connectivity index (χ4n) is 3.05. The van der Waals surface area contributed by atoms with E-state index < -0.39 is 0 Å². The van der Waals surface area contributed by atoms with E-state index in [1.807, 2.05) is 7.05 Å². The molecule has 9 heteroatoms. The molecular formula is C17H17FN6S2. The molecule has 0 radical (unpaired) electrons. The number of aromatic nitrogens is 3. The molecule has 0 spiro atoms. The average Bonchev–Trinajstić information content (AvgIpc) is 3.12. The Morgan fingerprint density at radius 3 is 2.58 bits per heavy atom. The molecule has 1 aromatic carbocycles. The quantitative estimate of drug-likeness (QED) is 0.677. The third kappa shape index (κ3) is 3.08. The van der Waals surface area contributed by atoms with E-state index in [0.717, 1.165) is 58.6 Å². The topological polar surface area (TPSA) is 57.2 Å². The number of nitrogens with zero attached hydrogens (tertiary/aromatic N) is 5. The Hall–Kier alpha value is -2.39. The fourth-order valence-corrected chi connectivity index (χ4v) is 4.11. The van der Waals surface area contributed by atoms with Crippen molar-refractivity contribution in [1.29, 1.82) is 0 Å². The van der Waals surface area contributed by atoms with Crippen LogP contribution in [0, 0.1) is 5.82 Å². The highest BCUT2D eigenvalue weighted by Gasteiger charge is 2.23. The van der Waals surface area contributed by atoms with Crippen molar-refractivity contribution in [2.45, 2.75) is 0 Å². The monoisotopic (exact) mass is 388 g/mol. The molecule has 6 nitrogen and oxygen atoms in total. The van der Waals surface area contributed by atoms with Crippen molar-refractivity contribution >= 4 is 44.9 Å². The number of fused-ring (bicyclic) bond motifs is 1. The van der Waals surface area contributed by atoms with Crippen molar-refractivity contribution in [3.05, 3.63) is 36.4 Å². The van der Waals surface area contributed by atoms with Crippen LogP contribution in [0.1, 0.15) is 0 Å². The minimum atomic E-state index is -0.263. The van der Waals surface area contributed by atoms with Gasteiger partial charge in [-0.15, -0.1) is 0 Å². The molecular weight excluding hydrogens is 371 g/mol. The zero-order valence-electron chi connectivity index (χ0n) is 14.1. The molecule has 0 bridgehead atoms. The van der Waals surface area contributed by atoms with Gasteiger partial charge in [-0.05, 0) is 48.0 Å². The first-order valence-corrected chi connectivity index (χ1v) is 9.43. The predicted molar refractivity (Wildman–Crippen MR) is 106 cm³/mol. The van der Waals surface area contributed by atoms with Crippen molar-refractivity contribution in [1.82, 2.24) is 24.6 Å². The molecule has 0 saturated carbocycles. The molecule has 1 aliphatic heterocycles. The second-order valence-corrected chi connectivity index (χ2v) is 7.10. The zero-order valence-corrected chi connectivity index (χ0v) is 15.8. The number of anilines is 1. The van der Waals surface area contributed by atoms with Crippen LogP contribution in [-0.4, -0.2) is 57.6 Å². The van der Waals surface area contributed by atoms with Crippen LogP contribution >= 0.6 is 23.8 Å². The Labute approximate surface area is 159 Å². The van der Waals surface area contributed by atoms with Crippen LogP contribution in [0.5, 0.6) is 0 Å². The second kappa shape index (κ2) is 7.08. The summed E-state index contributed by atoms with van der Waals surface area (Å²) >= 11 is 6.69. The standard InChI is InChI=1S/C17H17FN6S2/c1-19-17(25)24-8-6-23(7-9-24)16-15-14(20-10-21-16)13(22-26-15)11-2-4-12(18)5-3-11/h2-5,10H,6-9H2,1H3,(H,19,25). The Morgan fingerprint density at radius 2 is 1.88 bits per heavy atom. The van der Waals surface area contributed by atoms with Gasteiger partial charge in [0.25, 0.3) is 0 Å². The molecule has 1 saturated heterocycles. The SMILES string of the molecule is CNC(=S)N1CCN(c2ncnc3c(-c4ccc(F)cc4)nsc23)CC1. The van der Waals surface area contributed by atoms with E-state index in [4.69, 9.17) is 12.2 Å². The average molecular weight is 388 g/mol. The maximum absolute atomic E-state index is 13.2. The van der Waals surface area contributed by atoms with Gasteiger partial charge in [-0.2, -0.15) is 4.37 Å². The Morgan fingerprint density at radius 1 is 1.15 bits per heavy atom. The first-order chi connectivity index (χ1) is 12.7. The van der Waals surface area contributed by atoms with Crippen LogP contribution in [0.4, 0.5) is 10.2 Å². The van der Waals surface area contributed by atoms with E-state index >= 15 is 0 Å². The van der Waals surface area contributed by atoms with E-state index in [-0.39, 0.29) is 5.82 Å². The Bertz CT molecular complexity index is 934. The summed E-state index contributed by atoms with van der Waals surface area (Å²) in [6, 6.07) is 6.32. The van der Waals surface area contributed by atoms with E-state index in [2.05, 4.69) is 29.5 Å². The first-order valence-electron chi connectivity index (χ1n) is 8.25. The maximum Gasteiger partial charge on any atom is 0.168 e. The van der Waals surface area contributed by atoms with Crippen molar-refractivity contribution in [3.63, 3.8) is 0 Å². The number of thiocarbonyl (C=S) groups is 1. The summed E-state index contributed by atoms with van der Waals surface area (Å²) < 4.78 is 18.7. The molecule has 0 aliphatic carbocycles. The van der Waals surface area contributed by atoms with Crippen LogP contribution < -0.4 is 10.2 Å². The molecule has 3 heterocycles. The van der Waals surface area contributed by atoms with Crippen LogP contribution in [0.15, 0.2) is 30.6 Å². The van der Waals surface area contributed by atoms with E-state index in [9.17, 15) is 4.39 Å². The zero-order chi connectivity index (χ0) is 18.1. The molecule has 3 aromatic rings. The molecule has 134 valence electrons. The first kappa shape index (κ1) is 17.0. The molecule has 26 heavy (non-hydrogen) atoms. The highest BCUT2D eigenvalue weighted by molar-refractivity contribution is 7.80. The van der Waals surface area contributed by atoms with Crippen molar-refractivity contribution in [2.75, 3.05) is 38.1 Å². The van der Waals surface area contributed by atoms with Gasteiger partial charge < -0.3 is 15.1 Å². The van der Waals surface area contributed by atoms with E-state index in [0.29, 0.717) is 0 Å². The number of benzene rings is 1. The Kier molecular flexibility index (Phi) is 4.64. The number of halogens is 1. The van der Waals surface area contributed by atoms with Gasteiger partial charge in [-0.25, -0.2) is 14.4 Å². The molecule has 0 unspecified atom stereocenters. The summed E-state index contributed by atoms with van der Waals surface area (Å²) in [5.41, 5.74) is 2.43. The highest BCUT2D eigenvalue weighted by atomic mass is 32.1. The molecule has 4 rings (SSSR count).